The molecule has 0 aliphatic rings. The van der Waals surface area contributed by atoms with Crippen LogP contribution in [0.25, 0.3) is 0 Å². The summed E-state index contributed by atoms with van der Waals surface area (Å²) in [5.41, 5.74) is 0.807. The van der Waals surface area contributed by atoms with E-state index in [2.05, 4.69) is 15.4 Å². The van der Waals surface area contributed by atoms with Crippen molar-refractivity contribution in [2.75, 3.05) is 0 Å². The molecule has 28 heavy (non-hydrogen) atoms. The highest BCUT2D eigenvalue weighted by Crippen LogP contribution is 2.08. The molecule has 1 aromatic carbocycles. The lowest BCUT2D eigenvalue weighted by Gasteiger charge is -2.18. The molecule has 0 aliphatic heterocycles. The van der Waals surface area contributed by atoms with Gasteiger partial charge in [-0.2, -0.15) is 4.99 Å². The minimum atomic E-state index is -4.00. The van der Waals surface area contributed by atoms with Crippen LogP contribution in [0.1, 0.15) is 19.4 Å². The van der Waals surface area contributed by atoms with Crippen molar-refractivity contribution < 1.29 is 22.7 Å². The van der Waals surface area contributed by atoms with Crippen LogP contribution >= 0.6 is 11.3 Å². The number of nitrogens with zero attached hydrogens (tertiary/aromatic N) is 3. The molecule has 2 aromatic rings. The molecule has 1 heterocycles. The molecular weight excluding hydrogens is 406 g/mol. The van der Waals surface area contributed by atoms with Gasteiger partial charge < -0.3 is 10.1 Å². The number of benzene rings is 1. The molecule has 0 bridgehead atoms. The zero-order valence-corrected chi connectivity index (χ0v) is 17.2. The number of rotatable bonds is 6. The van der Waals surface area contributed by atoms with Gasteiger partial charge in [0.2, 0.25) is 9.14 Å². The molecular formula is C16H21N5O5S2. The van der Waals surface area contributed by atoms with Gasteiger partial charge in [0.15, 0.2) is 0 Å². The van der Waals surface area contributed by atoms with Gasteiger partial charge in [-0.05, 0) is 11.5 Å². The van der Waals surface area contributed by atoms with Crippen LogP contribution in [0.15, 0.2) is 39.7 Å². The van der Waals surface area contributed by atoms with Crippen LogP contribution in [-0.2, 0) is 33.2 Å². The van der Waals surface area contributed by atoms with E-state index in [9.17, 15) is 18.0 Å². The molecule has 0 radical (unpaired) electrons. The van der Waals surface area contributed by atoms with Crippen molar-refractivity contribution in [2.24, 2.45) is 23.1 Å². The normalized spacial score (nSPS) is 13.4. The number of ether oxygens (including phenoxy) is 1. The molecule has 2 rings (SSSR count). The van der Waals surface area contributed by atoms with Gasteiger partial charge in [0.25, 0.3) is 15.9 Å². The van der Waals surface area contributed by atoms with Crippen LogP contribution in [0.2, 0.25) is 0 Å². The van der Waals surface area contributed by atoms with Crippen LogP contribution in [0.3, 0.4) is 0 Å². The lowest BCUT2D eigenvalue weighted by atomic mass is 10.0. The van der Waals surface area contributed by atoms with Crippen molar-refractivity contribution in [3.05, 3.63) is 40.7 Å². The highest BCUT2D eigenvalue weighted by atomic mass is 32.2. The Morgan fingerprint density at radius 3 is 2.50 bits per heavy atom. The van der Waals surface area contributed by atoms with Crippen LogP contribution in [-0.4, -0.2) is 36.2 Å². The SMILES string of the molecule is CC(C)[C@H](NC(=O)OCc1ccccc1)C(=O)N=c1sc(S(N)(=O)=O)nn1C. The smallest absolute Gasteiger partial charge is 0.408 e. The van der Waals surface area contributed by atoms with E-state index in [1.807, 2.05) is 18.2 Å². The van der Waals surface area contributed by atoms with Gasteiger partial charge in [-0.3, -0.25) is 4.79 Å². The van der Waals surface area contributed by atoms with E-state index < -0.39 is 28.1 Å². The van der Waals surface area contributed by atoms with Gasteiger partial charge in [0, 0.05) is 7.05 Å². The molecule has 0 spiro atoms. The number of hydrogen-bond acceptors (Lipinski definition) is 7. The molecule has 1 aromatic heterocycles. The monoisotopic (exact) mass is 427 g/mol. The van der Waals surface area contributed by atoms with Gasteiger partial charge in [-0.1, -0.05) is 55.5 Å². The molecule has 2 amide bonds. The maximum atomic E-state index is 12.5. The fourth-order valence-electron chi connectivity index (χ4n) is 2.11. The second-order valence-corrected chi connectivity index (χ2v) is 8.89. The van der Waals surface area contributed by atoms with Crippen LogP contribution in [0, 0.1) is 5.92 Å². The lowest BCUT2D eigenvalue weighted by molar-refractivity contribution is -0.121. The summed E-state index contributed by atoms with van der Waals surface area (Å²) in [4.78, 5) is 28.5. The molecule has 0 unspecified atom stereocenters. The number of aromatic nitrogens is 2. The van der Waals surface area contributed by atoms with Crippen molar-refractivity contribution >= 4 is 33.4 Å². The number of nitrogens with two attached hydrogens (primary N) is 1. The minimum absolute atomic E-state index is 0.0409. The summed E-state index contributed by atoms with van der Waals surface area (Å²) in [6.07, 6.45) is -0.759. The molecule has 10 nitrogen and oxygen atoms in total. The Kier molecular flexibility index (Phi) is 7.05. The van der Waals surface area contributed by atoms with E-state index in [0.29, 0.717) is 11.3 Å². The molecule has 1 atom stereocenters. The third kappa shape index (κ3) is 5.97. The molecule has 3 N–H and O–H groups in total. The number of hydrogen-bond donors (Lipinski definition) is 2. The summed E-state index contributed by atoms with van der Waals surface area (Å²) < 4.78 is 28.6. The predicted molar refractivity (Wildman–Crippen MR) is 101 cm³/mol. The van der Waals surface area contributed by atoms with E-state index in [1.54, 1.807) is 26.0 Å². The fraction of sp³-hybridized carbons (Fsp3) is 0.375. The standard InChI is InChI=1S/C16H21N5O5S2/c1-10(2)12(18-15(23)26-9-11-7-5-4-6-8-11)13(22)19-14-21(3)20-16(27-14)28(17,24)25/h4-8,10,12H,9H2,1-3H3,(H,18,23)(H2,17,24,25)/t12-/m0/s1. The molecule has 0 fully saturated rings. The van der Waals surface area contributed by atoms with Gasteiger partial charge in [0.05, 0.1) is 0 Å². The van der Waals surface area contributed by atoms with Crippen molar-refractivity contribution in [3.63, 3.8) is 0 Å². The summed E-state index contributed by atoms with van der Waals surface area (Å²) in [6.45, 7) is 3.53. The molecule has 12 heteroatoms. The van der Waals surface area contributed by atoms with Crippen LogP contribution in [0.4, 0.5) is 4.79 Å². The van der Waals surface area contributed by atoms with Crippen LogP contribution < -0.4 is 15.3 Å². The van der Waals surface area contributed by atoms with E-state index in [4.69, 9.17) is 9.88 Å². The van der Waals surface area contributed by atoms with Gasteiger partial charge >= 0.3 is 6.09 Å². The number of carbonyl (C=O) groups is 2. The fourth-order valence-corrected chi connectivity index (χ4v) is 3.66. The maximum Gasteiger partial charge on any atom is 0.408 e. The van der Waals surface area contributed by atoms with Crippen LogP contribution in [0.5, 0.6) is 0 Å². The highest BCUT2D eigenvalue weighted by Gasteiger charge is 2.25. The Labute approximate surface area is 166 Å². The van der Waals surface area contributed by atoms with E-state index >= 15 is 0 Å². The van der Waals surface area contributed by atoms with E-state index in [-0.39, 0.29) is 21.7 Å². The Balaban J connectivity index is 2.12. The number of carbonyl (C=O) groups excluding carboxylic acids is 2. The summed E-state index contributed by atoms with van der Waals surface area (Å²) in [7, 11) is -2.57. The predicted octanol–water partition coefficient (Wildman–Crippen LogP) is 0.507. The highest BCUT2D eigenvalue weighted by molar-refractivity contribution is 7.91. The lowest BCUT2D eigenvalue weighted by Crippen LogP contribution is -2.44. The Morgan fingerprint density at radius 2 is 1.96 bits per heavy atom. The summed E-state index contributed by atoms with van der Waals surface area (Å²) in [5, 5.41) is 11.2. The van der Waals surface area contributed by atoms with Gasteiger partial charge in [0.1, 0.15) is 12.6 Å². The second kappa shape index (κ2) is 9.08. The molecule has 0 aliphatic carbocycles. The first kappa shape index (κ1) is 21.7. The number of nitrogens with one attached hydrogen (secondary N) is 1. The van der Waals surface area contributed by atoms with Crippen molar-refractivity contribution in [1.29, 1.82) is 0 Å². The number of alkyl carbamates (subject to hydrolysis) is 1. The van der Waals surface area contributed by atoms with Crippen molar-refractivity contribution in [3.8, 4) is 0 Å². The third-order valence-corrected chi connectivity index (χ3v) is 5.86. The average Bonchev–Trinajstić information content (AvgIpc) is 2.99. The number of primary sulfonamides is 1. The second-order valence-electron chi connectivity index (χ2n) is 6.20. The zero-order valence-electron chi connectivity index (χ0n) is 15.5. The molecule has 0 saturated heterocycles. The third-order valence-electron chi connectivity index (χ3n) is 3.56. The van der Waals surface area contributed by atoms with Crippen molar-refractivity contribution in [2.45, 2.75) is 30.8 Å². The summed E-state index contributed by atoms with van der Waals surface area (Å²) in [5.74, 6) is -0.941. The Hall–Kier alpha value is -2.57. The first-order valence-electron chi connectivity index (χ1n) is 8.20. The number of aryl methyl sites for hydroxylation is 1. The Morgan fingerprint density at radius 1 is 1.32 bits per heavy atom. The zero-order chi connectivity index (χ0) is 20.9. The first-order valence-corrected chi connectivity index (χ1v) is 10.6. The average molecular weight is 428 g/mol. The largest absolute Gasteiger partial charge is 0.445 e. The number of sulfonamides is 1. The summed E-state index contributed by atoms with van der Waals surface area (Å²) in [6, 6.07) is 8.14. The minimum Gasteiger partial charge on any atom is -0.445 e. The molecule has 0 saturated carbocycles. The van der Waals surface area contributed by atoms with Gasteiger partial charge in [-0.15, -0.1) is 5.10 Å². The van der Waals surface area contributed by atoms with E-state index in [1.165, 1.54) is 7.05 Å². The first-order chi connectivity index (χ1) is 13.1. The maximum absolute atomic E-state index is 12.5. The molecule has 152 valence electrons. The topological polar surface area (TPSA) is 146 Å². The number of amides is 2. The summed E-state index contributed by atoms with van der Waals surface area (Å²) >= 11 is 0.658. The van der Waals surface area contributed by atoms with Crippen molar-refractivity contribution in [1.82, 2.24) is 15.1 Å². The van der Waals surface area contributed by atoms with E-state index in [0.717, 1.165) is 10.2 Å². The van der Waals surface area contributed by atoms with Gasteiger partial charge in [-0.25, -0.2) is 23.0 Å². The quantitative estimate of drug-likeness (QED) is 0.687. The Bertz CT molecular complexity index is 1010.